The van der Waals surface area contributed by atoms with Gasteiger partial charge in [-0.3, -0.25) is 18.7 Å². The Morgan fingerprint density at radius 2 is 1.87 bits per heavy atom. The van der Waals surface area contributed by atoms with Crippen molar-refractivity contribution in [1.29, 1.82) is 0 Å². The zero-order valence-electron chi connectivity index (χ0n) is 12.5. The van der Waals surface area contributed by atoms with Crippen LogP contribution in [0.15, 0.2) is 21.7 Å². The van der Waals surface area contributed by atoms with Crippen LogP contribution in [0.3, 0.4) is 0 Å². The number of rotatable bonds is 2. The molecule has 2 aromatic rings. The molecule has 0 fully saturated rings. The summed E-state index contributed by atoms with van der Waals surface area (Å²) in [6.45, 7) is -0.504. The number of aryl methyl sites for hydroxylation is 1. The molecule has 0 spiro atoms. The summed E-state index contributed by atoms with van der Waals surface area (Å²) in [4.78, 5) is 40.7. The largest absolute Gasteiger partial charge is 0.433 e. The molecular weight excluding hydrogens is 317 g/mol. The Kier molecular flexibility index (Phi) is 4.01. The zero-order valence-corrected chi connectivity index (χ0v) is 12.5. The quantitative estimate of drug-likeness (QED) is 0.788. The van der Waals surface area contributed by atoms with Crippen molar-refractivity contribution in [3.05, 3.63) is 38.7 Å². The van der Waals surface area contributed by atoms with Gasteiger partial charge in [-0.2, -0.15) is 13.2 Å². The van der Waals surface area contributed by atoms with Crippen LogP contribution in [0.2, 0.25) is 0 Å². The highest BCUT2D eigenvalue weighted by Crippen LogP contribution is 2.28. The Morgan fingerprint density at radius 1 is 1.26 bits per heavy atom. The normalized spacial score (nSPS) is 11.7. The molecule has 2 rings (SSSR count). The third-order valence-corrected chi connectivity index (χ3v) is 3.27. The van der Waals surface area contributed by atoms with Gasteiger partial charge < -0.3 is 4.90 Å². The highest BCUT2D eigenvalue weighted by atomic mass is 19.4. The van der Waals surface area contributed by atoms with Crippen LogP contribution in [0.4, 0.5) is 13.2 Å². The summed E-state index contributed by atoms with van der Waals surface area (Å²) in [5.41, 5.74) is -3.37. The minimum Gasteiger partial charge on any atom is -0.347 e. The Labute approximate surface area is 127 Å². The second kappa shape index (κ2) is 5.52. The molecule has 0 atom stereocenters. The van der Waals surface area contributed by atoms with Gasteiger partial charge in [0.25, 0.3) is 5.56 Å². The van der Waals surface area contributed by atoms with Crippen LogP contribution < -0.4 is 11.2 Å². The van der Waals surface area contributed by atoms with Crippen molar-refractivity contribution >= 4 is 16.9 Å². The Morgan fingerprint density at radius 3 is 2.39 bits per heavy atom. The van der Waals surface area contributed by atoms with Gasteiger partial charge in [0.15, 0.2) is 0 Å². The molecule has 0 saturated carbocycles. The summed E-state index contributed by atoms with van der Waals surface area (Å²) in [5, 5.41) is -0.174. The molecule has 0 radical (unpaired) electrons. The second-order valence-electron chi connectivity index (χ2n) is 5.09. The van der Waals surface area contributed by atoms with Crippen molar-refractivity contribution < 1.29 is 18.0 Å². The molecule has 7 nitrogen and oxygen atoms in total. The first-order valence-electron chi connectivity index (χ1n) is 6.42. The maximum Gasteiger partial charge on any atom is 0.433 e. The monoisotopic (exact) mass is 330 g/mol. The predicted molar refractivity (Wildman–Crippen MR) is 74.9 cm³/mol. The minimum absolute atomic E-state index is 0.174. The number of fused-ring (bicyclic) bond motifs is 1. The van der Waals surface area contributed by atoms with Gasteiger partial charge in [-0.25, -0.2) is 9.78 Å². The van der Waals surface area contributed by atoms with Crippen LogP contribution in [0, 0.1) is 0 Å². The van der Waals surface area contributed by atoms with Gasteiger partial charge in [0.05, 0.1) is 5.39 Å². The Balaban J connectivity index is 2.74. The number of nitrogens with zero attached hydrogens (tertiary/aromatic N) is 4. The van der Waals surface area contributed by atoms with Crippen LogP contribution in [0.25, 0.3) is 11.0 Å². The summed E-state index contributed by atoms with van der Waals surface area (Å²) in [7, 11) is 4.10. The SMILES string of the molecule is CN(C)C(=O)Cn1c(=O)c2ccc(C(F)(F)F)nc2n(C)c1=O. The second-order valence-corrected chi connectivity index (χ2v) is 5.09. The molecule has 1 amide bonds. The van der Waals surface area contributed by atoms with Gasteiger partial charge >= 0.3 is 11.9 Å². The van der Waals surface area contributed by atoms with Gasteiger partial charge in [0, 0.05) is 21.1 Å². The molecule has 0 unspecified atom stereocenters. The molecule has 0 aliphatic rings. The number of amides is 1. The molecule has 2 heterocycles. The van der Waals surface area contributed by atoms with Gasteiger partial charge in [0.2, 0.25) is 5.91 Å². The van der Waals surface area contributed by atoms with Crippen molar-refractivity contribution in [2.24, 2.45) is 7.05 Å². The lowest BCUT2D eigenvalue weighted by Gasteiger charge is -2.14. The van der Waals surface area contributed by atoms with E-state index in [-0.39, 0.29) is 11.0 Å². The summed E-state index contributed by atoms with van der Waals surface area (Å²) in [5.74, 6) is -0.497. The lowest BCUT2D eigenvalue weighted by Crippen LogP contribution is -2.43. The lowest BCUT2D eigenvalue weighted by atomic mass is 10.2. The van der Waals surface area contributed by atoms with E-state index >= 15 is 0 Å². The minimum atomic E-state index is -4.69. The van der Waals surface area contributed by atoms with E-state index in [4.69, 9.17) is 0 Å². The Hall–Kier alpha value is -2.65. The van der Waals surface area contributed by atoms with Gasteiger partial charge in [-0.15, -0.1) is 0 Å². The number of pyridine rings is 1. The average molecular weight is 330 g/mol. The smallest absolute Gasteiger partial charge is 0.347 e. The standard InChI is InChI=1S/C13H13F3N4O3/c1-18(2)9(21)6-20-11(22)7-4-5-8(13(14,15)16)17-10(7)19(3)12(20)23/h4-5H,6H2,1-3H3. The Bertz CT molecular complexity index is 896. The number of hydrogen-bond acceptors (Lipinski definition) is 4. The number of carbonyl (C=O) groups excluding carboxylic acids is 1. The van der Waals surface area contributed by atoms with E-state index in [0.29, 0.717) is 10.6 Å². The van der Waals surface area contributed by atoms with Gasteiger partial charge in [0.1, 0.15) is 17.9 Å². The maximum atomic E-state index is 12.7. The molecule has 10 heteroatoms. The highest BCUT2D eigenvalue weighted by Gasteiger charge is 2.33. The van der Waals surface area contributed by atoms with Crippen LogP contribution in [-0.2, 0) is 24.6 Å². The number of hydrogen-bond donors (Lipinski definition) is 0. The fourth-order valence-electron chi connectivity index (χ4n) is 1.95. The van der Waals surface area contributed by atoms with E-state index in [2.05, 4.69) is 4.98 Å². The molecule has 0 saturated heterocycles. The lowest BCUT2D eigenvalue weighted by molar-refractivity contribution is -0.141. The average Bonchev–Trinajstić information content (AvgIpc) is 2.47. The van der Waals surface area contributed by atoms with Crippen molar-refractivity contribution in [3.63, 3.8) is 0 Å². The van der Waals surface area contributed by atoms with Crippen LogP contribution in [0.1, 0.15) is 5.69 Å². The van der Waals surface area contributed by atoms with Gasteiger partial charge in [-0.1, -0.05) is 0 Å². The molecular formula is C13H13F3N4O3. The molecule has 23 heavy (non-hydrogen) atoms. The van der Waals surface area contributed by atoms with Crippen LogP contribution in [-0.4, -0.2) is 39.0 Å². The first-order valence-corrected chi connectivity index (χ1v) is 6.42. The highest BCUT2D eigenvalue weighted by molar-refractivity contribution is 5.77. The fraction of sp³-hybridized carbons (Fsp3) is 0.385. The summed E-state index contributed by atoms with van der Waals surface area (Å²) in [6, 6.07) is 1.61. The predicted octanol–water partition coefficient (Wildman–Crippen LogP) is 0.202. The number of likely N-dealkylation sites (N-methyl/N-ethyl adjacent to an activating group) is 1. The van der Waals surface area contributed by atoms with E-state index < -0.39 is 35.6 Å². The molecule has 0 aliphatic carbocycles. The third kappa shape index (κ3) is 2.96. The van der Waals surface area contributed by atoms with Crippen molar-refractivity contribution in [3.8, 4) is 0 Å². The number of halogens is 3. The third-order valence-electron chi connectivity index (χ3n) is 3.27. The van der Waals surface area contributed by atoms with E-state index in [0.717, 1.165) is 10.6 Å². The van der Waals surface area contributed by atoms with Gasteiger partial charge in [-0.05, 0) is 12.1 Å². The van der Waals surface area contributed by atoms with Crippen molar-refractivity contribution in [2.75, 3.05) is 14.1 Å². The zero-order chi connectivity index (χ0) is 17.5. The van der Waals surface area contributed by atoms with Crippen molar-refractivity contribution in [1.82, 2.24) is 19.0 Å². The summed E-state index contributed by atoms with van der Waals surface area (Å²) in [6.07, 6.45) is -4.69. The molecule has 2 aromatic heterocycles. The fourth-order valence-corrected chi connectivity index (χ4v) is 1.95. The molecule has 0 bridgehead atoms. The number of carbonyl (C=O) groups is 1. The summed E-state index contributed by atoms with van der Waals surface area (Å²) < 4.78 is 39.6. The molecule has 124 valence electrons. The number of aromatic nitrogens is 3. The van der Waals surface area contributed by atoms with E-state index in [1.165, 1.54) is 26.0 Å². The molecule has 0 N–H and O–H groups in total. The van der Waals surface area contributed by atoms with Crippen LogP contribution in [0.5, 0.6) is 0 Å². The van der Waals surface area contributed by atoms with Crippen LogP contribution >= 0.6 is 0 Å². The maximum absolute atomic E-state index is 12.7. The van der Waals surface area contributed by atoms with E-state index in [9.17, 15) is 27.6 Å². The van der Waals surface area contributed by atoms with E-state index in [1.54, 1.807) is 0 Å². The first-order chi connectivity index (χ1) is 10.5. The van der Waals surface area contributed by atoms with Crippen molar-refractivity contribution in [2.45, 2.75) is 12.7 Å². The topological polar surface area (TPSA) is 77.2 Å². The molecule has 0 aliphatic heterocycles. The summed E-state index contributed by atoms with van der Waals surface area (Å²) >= 11 is 0. The van der Waals surface area contributed by atoms with E-state index in [1.807, 2.05) is 0 Å². The number of alkyl halides is 3. The molecule has 0 aromatic carbocycles. The first kappa shape index (κ1) is 16.7.